The molecule has 3 aromatic rings. The van der Waals surface area contributed by atoms with E-state index >= 15 is 0 Å². The SMILES string of the molecule is CC(C)C[C@H](NC(=O)Nc1ccc(Cl)c(Cl)c1)c1nc(-c2ncn[nH]2)no1. The third-order valence-electron chi connectivity index (χ3n) is 3.56. The molecule has 0 aliphatic heterocycles. The van der Waals surface area contributed by atoms with Crippen molar-refractivity contribution in [3.05, 3.63) is 40.5 Å². The third kappa shape index (κ3) is 4.95. The summed E-state index contributed by atoms with van der Waals surface area (Å²) in [6, 6.07) is 3.91. The zero-order chi connectivity index (χ0) is 19.4. The van der Waals surface area contributed by atoms with Gasteiger partial charge in [-0.2, -0.15) is 10.1 Å². The first-order valence-corrected chi connectivity index (χ1v) is 8.90. The van der Waals surface area contributed by atoms with Crippen LogP contribution in [0.2, 0.25) is 10.0 Å². The summed E-state index contributed by atoms with van der Waals surface area (Å²) in [4.78, 5) is 20.7. The molecule has 1 aromatic carbocycles. The van der Waals surface area contributed by atoms with Crippen molar-refractivity contribution in [1.29, 1.82) is 0 Å². The Labute approximate surface area is 164 Å². The number of urea groups is 1. The highest BCUT2D eigenvalue weighted by atomic mass is 35.5. The first kappa shape index (κ1) is 19.1. The van der Waals surface area contributed by atoms with Gasteiger partial charge in [0.2, 0.25) is 11.7 Å². The largest absolute Gasteiger partial charge is 0.337 e. The molecule has 0 unspecified atom stereocenters. The second kappa shape index (κ2) is 8.36. The molecule has 1 atom stereocenters. The van der Waals surface area contributed by atoms with E-state index in [1.54, 1.807) is 18.2 Å². The van der Waals surface area contributed by atoms with Gasteiger partial charge in [0.15, 0.2) is 5.82 Å². The smallest absolute Gasteiger partial charge is 0.319 e. The van der Waals surface area contributed by atoms with E-state index in [2.05, 4.69) is 36.0 Å². The molecule has 2 aromatic heterocycles. The van der Waals surface area contributed by atoms with E-state index in [9.17, 15) is 4.79 Å². The molecule has 27 heavy (non-hydrogen) atoms. The van der Waals surface area contributed by atoms with Gasteiger partial charge in [-0.25, -0.2) is 9.78 Å². The number of amides is 2. The minimum absolute atomic E-state index is 0.267. The highest BCUT2D eigenvalue weighted by Crippen LogP contribution is 2.26. The summed E-state index contributed by atoms with van der Waals surface area (Å²) in [5, 5.41) is 16.6. The molecule has 0 radical (unpaired) electrons. The second-order valence-electron chi connectivity index (χ2n) is 6.20. The number of hydrogen-bond donors (Lipinski definition) is 3. The normalized spacial score (nSPS) is 12.2. The van der Waals surface area contributed by atoms with Crippen LogP contribution < -0.4 is 10.6 Å². The topological polar surface area (TPSA) is 122 Å². The quantitative estimate of drug-likeness (QED) is 0.563. The predicted molar refractivity (Wildman–Crippen MR) is 100 cm³/mol. The number of hydrogen-bond acceptors (Lipinski definition) is 6. The summed E-state index contributed by atoms with van der Waals surface area (Å²) in [5.41, 5.74) is 0.512. The van der Waals surface area contributed by atoms with Crippen molar-refractivity contribution in [2.24, 2.45) is 5.92 Å². The average Bonchev–Trinajstić information content (AvgIpc) is 3.28. The van der Waals surface area contributed by atoms with Crippen LogP contribution in [0.15, 0.2) is 29.0 Å². The molecule has 0 spiro atoms. The molecule has 0 saturated heterocycles. The van der Waals surface area contributed by atoms with E-state index in [4.69, 9.17) is 27.7 Å². The molecule has 0 aliphatic carbocycles. The van der Waals surface area contributed by atoms with Gasteiger partial charge in [0.25, 0.3) is 0 Å². The molecule has 9 nitrogen and oxygen atoms in total. The Morgan fingerprint density at radius 1 is 1.30 bits per heavy atom. The summed E-state index contributed by atoms with van der Waals surface area (Å²) >= 11 is 11.9. The minimum Gasteiger partial charge on any atom is -0.337 e. The van der Waals surface area contributed by atoms with Crippen LogP contribution in [0.5, 0.6) is 0 Å². The average molecular weight is 410 g/mol. The van der Waals surface area contributed by atoms with E-state index in [-0.39, 0.29) is 17.6 Å². The number of halogens is 2. The van der Waals surface area contributed by atoms with Crippen LogP contribution in [0.25, 0.3) is 11.6 Å². The second-order valence-corrected chi connectivity index (χ2v) is 7.01. The molecule has 0 fully saturated rings. The molecule has 3 rings (SSSR count). The summed E-state index contributed by atoms with van der Waals surface area (Å²) in [5.74, 6) is 1.21. The van der Waals surface area contributed by atoms with Crippen LogP contribution in [-0.2, 0) is 0 Å². The van der Waals surface area contributed by atoms with Gasteiger partial charge in [-0.3, -0.25) is 5.10 Å². The van der Waals surface area contributed by atoms with Crippen molar-refractivity contribution >= 4 is 34.9 Å². The molecule has 0 bridgehead atoms. The number of aromatic amines is 1. The number of rotatable bonds is 6. The Bertz CT molecular complexity index is 911. The molecule has 3 N–H and O–H groups in total. The number of aromatic nitrogens is 5. The van der Waals surface area contributed by atoms with Crippen molar-refractivity contribution in [3.63, 3.8) is 0 Å². The first-order chi connectivity index (χ1) is 12.9. The van der Waals surface area contributed by atoms with Gasteiger partial charge in [-0.15, -0.1) is 0 Å². The molecule has 2 heterocycles. The summed E-state index contributed by atoms with van der Waals surface area (Å²) < 4.78 is 5.31. The van der Waals surface area contributed by atoms with Gasteiger partial charge in [0.1, 0.15) is 12.4 Å². The molecule has 0 saturated carbocycles. The zero-order valence-electron chi connectivity index (χ0n) is 14.5. The molecule has 2 amide bonds. The van der Waals surface area contributed by atoms with Gasteiger partial charge in [-0.05, 0) is 30.5 Å². The lowest BCUT2D eigenvalue weighted by molar-refractivity contribution is 0.240. The van der Waals surface area contributed by atoms with Crippen LogP contribution in [-0.4, -0.2) is 31.4 Å². The van der Waals surface area contributed by atoms with E-state index in [0.29, 0.717) is 28.0 Å². The Morgan fingerprint density at radius 2 is 2.11 bits per heavy atom. The van der Waals surface area contributed by atoms with Crippen molar-refractivity contribution in [3.8, 4) is 11.6 Å². The lowest BCUT2D eigenvalue weighted by Gasteiger charge is -2.17. The van der Waals surface area contributed by atoms with Crippen LogP contribution in [0.3, 0.4) is 0 Å². The Balaban J connectivity index is 1.72. The number of carbonyl (C=O) groups is 1. The van der Waals surface area contributed by atoms with Crippen molar-refractivity contribution in [2.45, 2.75) is 26.3 Å². The lowest BCUT2D eigenvalue weighted by atomic mass is 10.0. The van der Waals surface area contributed by atoms with E-state index in [0.717, 1.165) is 0 Å². The Hall–Kier alpha value is -2.65. The van der Waals surface area contributed by atoms with Crippen molar-refractivity contribution in [2.75, 3.05) is 5.32 Å². The van der Waals surface area contributed by atoms with E-state index in [1.807, 2.05) is 13.8 Å². The van der Waals surface area contributed by atoms with Crippen LogP contribution in [0.4, 0.5) is 10.5 Å². The van der Waals surface area contributed by atoms with Crippen LogP contribution in [0, 0.1) is 5.92 Å². The molecule has 11 heteroatoms. The number of anilines is 1. The maximum atomic E-state index is 12.4. The zero-order valence-corrected chi connectivity index (χ0v) is 16.0. The van der Waals surface area contributed by atoms with E-state index < -0.39 is 12.1 Å². The minimum atomic E-state index is -0.475. The monoisotopic (exact) mass is 409 g/mol. The fourth-order valence-corrected chi connectivity index (χ4v) is 2.68. The predicted octanol–water partition coefficient (Wildman–Crippen LogP) is 4.07. The summed E-state index contributed by atoms with van der Waals surface area (Å²) in [7, 11) is 0. The molecular weight excluding hydrogens is 393 g/mol. The number of benzene rings is 1. The molecule has 0 aliphatic rings. The number of nitrogens with one attached hydrogen (secondary N) is 3. The maximum Gasteiger partial charge on any atom is 0.319 e. The molecular formula is C16H17Cl2N7O2. The van der Waals surface area contributed by atoms with E-state index in [1.165, 1.54) is 6.33 Å². The van der Waals surface area contributed by atoms with Crippen molar-refractivity contribution < 1.29 is 9.32 Å². The lowest BCUT2D eigenvalue weighted by Crippen LogP contribution is -2.33. The first-order valence-electron chi connectivity index (χ1n) is 8.14. The van der Waals surface area contributed by atoms with Gasteiger partial charge in [0, 0.05) is 5.69 Å². The van der Waals surface area contributed by atoms with Crippen LogP contribution >= 0.6 is 23.2 Å². The third-order valence-corrected chi connectivity index (χ3v) is 4.30. The Morgan fingerprint density at radius 3 is 2.78 bits per heavy atom. The number of H-pyrrole nitrogens is 1. The van der Waals surface area contributed by atoms with Gasteiger partial charge in [-0.1, -0.05) is 42.2 Å². The highest BCUT2D eigenvalue weighted by Gasteiger charge is 2.23. The van der Waals surface area contributed by atoms with Crippen molar-refractivity contribution in [1.82, 2.24) is 30.6 Å². The number of carbonyl (C=O) groups excluding carboxylic acids is 1. The standard InChI is InChI=1S/C16H17Cl2N7O2/c1-8(2)5-12(15-23-14(25-27-15)13-19-7-20-24-13)22-16(26)21-9-3-4-10(17)11(18)6-9/h3-4,6-8,12H,5H2,1-2H3,(H,19,20,24)(H2,21,22,26)/t12-/m0/s1. The maximum absolute atomic E-state index is 12.4. The summed E-state index contributed by atoms with van der Waals surface area (Å²) in [6.07, 6.45) is 1.95. The molecule has 142 valence electrons. The Kier molecular flexibility index (Phi) is 5.92. The highest BCUT2D eigenvalue weighted by molar-refractivity contribution is 6.42. The van der Waals surface area contributed by atoms with Gasteiger partial charge >= 0.3 is 6.03 Å². The fourth-order valence-electron chi connectivity index (χ4n) is 2.38. The van der Waals surface area contributed by atoms with Crippen LogP contribution in [0.1, 0.15) is 32.2 Å². The fraction of sp³-hybridized carbons (Fsp3) is 0.312. The number of nitrogens with zero attached hydrogens (tertiary/aromatic N) is 4. The van der Waals surface area contributed by atoms with Gasteiger partial charge in [0.05, 0.1) is 10.0 Å². The van der Waals surface area contributed by atoms with Gasteiger partial charge < -0.3 is 15.2 Å². The summed E-state index contributed by atoms with van der Waals surface area (Å²) in [6.45, 7) is 4.05.